The number of hydrogen-bond acceptors (Lipinski definition) is 3. The number of anilines is 1. The number of rotatable bonds is 3. The van der Waals surface area contributed by atoms with E-state index in [-0.39, 0.29) is 10.6 Å². The van der Waals surface area contributed by atoms with Gasteiger partial charge in [0.2, 0.25) is 0 Å². The van der Waals surface area contributed by atoms with Crippen LogP contribution in [0.5, 0.6) is 0 Å². The summed E-state index contributed by atoms with van der Waals surface area (Å²) in [6.45, 7) is 0. The second-order valence-corrected chi connectivity index (χ2v) is 6.46. The molecule has 3 saturated carbocycles. The Labute approximate surface area is 116 Å². The van der Waals surface area contributed by atoms with Gasteiger partial charge in [-0.3, -0.25) is 10.1 Å². The van der Waals surface area contributed by atoms with E-state index in [2.05, 4.69) is 5.32 Å². The number of nitro benzene ring substituents is 1. The lowest BCUT2D eigenvalue weighted by molar-refractivity contribution is -0.384. The number of benzene rings is 1. The van der Waals surface area contributed by atoms with Crippen molar-refractivity contribution < 1.29 is 4.92 Å². The van der Waals surface area contributed by atoms with Crippen molar-refractivity contribution in [3.63, 3.8) is 0 Å². The Morgan fingerprint density at radius 1 is 1.26 bits per heavy atom. The Morgan fingerprint density at radius 2 is 1.95 bits per heavy atom. The minimum absolute atomic E-state index is 0.0878. The van der Waals surface area contributed by atoms with E-state index in [1.54, 1.807) is 12.1 Å². The summed E-state index contributed by atoms with van der Waals surface area (Å²) in [5.74, 6) is 3.15. The van der Waals surface area contributed by atoms with Crippen LogP contribution in [0.15, 0.2) is 18.2 Å². The molecule has 1 aromatic rings. The predicted molar refractivity (Wildman–Crippen MR) is 73.3 cm³/mol. The van der Waals surface area contributed by atoms with E-state index in [4.69, 9.17) is 11.6 Å². The fourth-order valence-corrected chi connectivity index (χ4v) is 4.72. The number of nitrogens with one attached hydrogen (secondary N) is 1. The van der Waals surface area contributed by atoms with E-state index in [0.29, 0.717) is 16.8 Å². The highest BCUT2D eigenvalue weighted by Crippen LogP contribution is 2.66. The fourth-order valence-electron chi connectivity index (χ4n) is 4.49. The van der Waals surface area contributed by atoms with Gasteiger partial charge in [-0.15, -0.1) is 0 Å². The molecule has 0 amide bonds. The van der Waals surface area contributed by atoms with E-state index in [9.17, 15) is 10.1 Å². The number of hydrogen-bond donors (Lipinski definition) is 1. The number of fused-ring (bicyclic) bond motifs is 5. The van der Waals surface area contributed by atoms with E-state index in [1.165, 1.54) is 25.3 Å². The minimum Gasteiger partial charge on any atom is -0.375 e. The Kier molecular flexibility index (Phi) is 2.34. The van der Waals surface area contributed by atoms with Crippen LogP contribution < -0.4 is 5.32 Å². The van der Waals surface area contributed by atoms with Crippen molar-refractivity contribution in [1.82, 2.24) is 0 Å². The molecule has 2 bridgehead atoms. The lowest BCUT2D eigenvalue weighted by atomic mass is 10.0. The third-order valence-electron chi connectivity index (χ3n) is 5.23. The molecule has 3 aliphatic rings. The van der Waals surface area contributed by atoms with Crippen LogP contribution in [0.2, 0.25) is 5.02 Å². The first kappa shape index (κ1) is 11.5. The topological polar surface area (TPSA) is 55.2 Å². The Bertz CT molecular complexity index is 546. The van der Waals surface area contributed by atoms with Gasteiger partial charge < -0.3 is 5.32 Å². The maximum atomic E-state index is 11.1. The van der Waals surface area contributed by atoms with Gasteiger partial charge >= 0.3 is 0 Å². The molecule has 0 heterocycles. The molecule has 4 unspecified atom stereocenters. The molecule has 4 rings (SSSR count). The van der Waals surface area contributed by atoms with E-state index >= 15 is 0 Å². The van der Waals surface area contributed by atoms with Crippen molar-refractivity contribution in [3.05, 3.63) is 33.3 Å². The smallest absolute Gasteiger partial charge is 0.293 e. The molecular weight excluding hydrogens is 264 g/mol. The zero-order chi connectivity index (χ0) is 13.1. The van der Waals surface area contributed by atoms with Crippen LogP contribution in [0, 0.1) is 33.8 Å². The zero-order valence-corrected chi connectivity index (χ0v) is 11.1. The first-order valence-electron chi connectivity index (χ1n) is 6.86. The third-order valence-corrected chi connectivity index (χ3v) is 5.55. The molecule has 19 heavy (non-hydrogen) atoms. The summed E-state index contributed by atoms with van der Waals surface area (Å²) < 4.78 is 0. The standard InChI is InChI=1S/C14H15ClN2O2/c15-9-2-1-3-10(17(18)19)13(9)16-14-11-7-4-5-8(6-7)12(11)14/h1-3,7-8,11-12,14,16H,4-6H2. The molecule has 3 aliphatic carbocycles. The van der Waals surface area contributed by atoms with E-state index < -0.39 is 0 Å². The van der Waals surface area contributed by atoms with E-state index in [1.807, 2.05) is 0 Å². The average Bonchev–Trinajstić information content (AvgIpc) is 2.79. The maximum Gasteiger partial charge on any atom is 0.293 e. The van der Waals surface area contributed by atoms with Crippen molar-refractivity contribution in [3.8, 4) is 0 Å². The quantitative estimate of drug-likeness (QED) is 0.677. The largest absolute Gasteiger partial charge is 0.375 e. The summed E-state index contributed by atoms with van der Waals surface area (Å²) in [7, 11) is 0. The normalized spacial score (nSPS) is 38.1. The molecule has 5 heteroatoms. The molecule has 1 N–H and O–H groups in total. The van der Waals surface area contributed by atoms with Crippen molar-refractivity contribution in [1.29, 1.82) is 0 Å². The van der Waals surface area contributed by atoms with Crippen LogP contribution in [0.1, 0.15) is 19.3 Å². The van der Waals surface area contributed by atoms with Crippen molar-refractivity contribution in [2.45, 2.75) is 25.3 Å². The Balaban J connectivity index is 1.60. The molecule has 100 valence electrons. The summed E-state index contributed by atoms with van der Waals surface area (Å²) >= 11 is 6.12. The second kappa shape index (κ2) is 3.85. The third kappa shape index (κ3) is 1.59. The highest BCUT2D eigenvalue weighted by Gasteiger charge is 2.65. The van der Waals surface area contributed by atoms with Gasteiger partial charge in [0.25, 0.3) is 5.69 Å². The van der Waals surface area contributed by atoms with Gasteiger partial charge in [0.05, 0.1) is 9.95 Å². The average molecular weight is 279 g/mol. The van der Waals surface area contributed by atoms with Crippen molar-refractivity contribution >= 4 is 23.0 Å². The number of halogens is 1. The molecule has 1 aromatic carbocycles. The number of para-hydroxylation sites is 1. The first-order chi connectivity index (χ1) is 9.16. The van der Waals surface area contributed by atoms with E-state index in [0.717, 1.165) is 23.7 Å². The Hall–Kier alpha value is -1.29. The molecule has 0 saturated heterocycles. The minimum atomic E-state index is -0.360. The molecule has 0 spiro atoms. The van der Waals surface area contributed by atoms with Crippen LogP contribution >= 0.6 is 11.6 Å². The first-order valence-corrected chi connectivity index (χ1v) is 7.24. The summed E-state index contributed by atoms with van der Waals surface area (Å²) in [6, 6.07) is 5.26. The van der Waals surface area contributed by atoms with Crippen LogP contribution in [0.3, 0.4) is 0 Å². The van der Waals surface area contributed by atoms with Crippen LogP contribution in [0.25, 0.3) is 0 Å². The SMILES string of the molecule is O=[N+]([O-])c1cccc(Cl)c1NC1C2C3CCC(C3)C12. The lowest BCUT2D eigenvalue weighted by Gasteiger charge is -2.13. The van der Waals surface area contributed by atoms with Gasteiger partial charge in [0.1, 0.15) is 5.69 Å². The monoisotopic (exact) mass is 278 g/mol. The van der Waals surface area contributed by atoms with Gasteiger partial charge in [0.15, 0.2) is 0 Å². The van der Waals surface area contributed by atoms with Crippen molar-refractivity contribution in [2.75, 3.05) is 5.32 Å². The molecule has 3 fully saturated rings. The second-order valence-electron chi connectivity index (χ2n) is 6.05. The molecule has 4 atom stereocenters. The molecule has 4 nitrogen and oxygen atoms in total. The van der Waals surface area contributed by atoms with Gasteiger partial charge in [-0.2, -0.15) is 0 Å². The summed E-state index contributed by atoms with van der Waals surface area (Å²) in [5, 5.41) is 14.9. The predicted octanol–water partition coefficient (Wildman–Crippen LogP) is 3.70. The van der Waals surface area contributed by atoms with Crippen LogP contribution in [-0.4, -0.2) is 11.0 Å². The maximum absolute atomic E-state index is 11.1. The van der Waals surface area contributed by atoms with Crippen LogP contribution in [0.4, 0.5) is 11.4 Å². The summed E-state index contributed by atoms with van der Waals surface area (Å²) in [4.78, 5) is 10.7. The van der Waals surface area contributed by atoms with Gasteiger partial charge in [0, 0.05) is 12.1 Å². The summed E-state index contributed by atoms with van der Waals surface area (Å²) in [6.07, 6.45) is 4.06. The molecule has 0 radical (unpaired) electrons. The Morgan fingerprint density at radius 3 is 2.58 bits per heavy atom. The molecule has 0 aliphatic heterocycles. The lowest BCUT2D eigenvalue weighted by Crippen LogP contribution is -2.14. The highest BCUT2D eigenvalue weighted by atomic mass is 35.5. The fraction of sp³-hybridized carbons (Fsp3) is 0.571. The van der Waals surface area contributed by atoms with Crippen molar-refractivity contribution in [2.24, 2.45) is 23.7 Å². The number of nitro groups is 1. The molecule has 0 aromatic heterocycles. The summed E-state index contributed by atoms with van der Waals surface area (Å²) in [5.41, 5.74) is 0.595. The van der Waals surface area contributed by atoms with Gasteiger partial charge in [-0.1, -0.05) is 17.7 Å². The molecular formula is C14H15ClN2O2. The van der Waals surface area contributed by atoms with Gasteiger partial charge in [-0.25, -0.2) is 0 Å². The number of nitrogens with zero attached hydrogens (tertiary/aromatic N) is 1. The highest BCUT2D eigenvalue weighted by molar-refractivity contribution is 6.33. The van der Waals surface area contributed by atoms with Crippen LogP contribution in [-0.2, 0) is 0 Å². The zero-order valence-electron chi connectivity index (χ0n) is 10.4. The van der Waals surface area contributed by atoms with Gasteiger partial charge in [-0.05, 0) is 49.0 Å².